The predicted octanol–water partition coefficient (Wildman–Crippen LogP) is 1.56. The van der Waals surface area contributed by atoms with Crippen LogP contribution in [-0.4, -0.2) is 55.4 Å². The number of nitrogens with one attached hydrogen (secondary N) is 1. The standard InChI is InChI=1S/C14H25N5O2/c1-4-8-21-14-17-12(15-2)16-13(18-14)19(3)7-9-20-10-11-5-6-11/h11H,4-10H2,1-3H3,(H,15,16,17,18). The van der Waals surface area contributed by atoms with Crippen molar-refractivity contribution in [2.45, 2.75) is 26.2 Å². The molecule has 7 heteroatoms. The number of hydrogen-bond donors (Lipinski definition) is 1. The first-order valence-corrected chi connectivity index (χ1v) is 7.58. The van der Waals surface area contributed by atoms with E-state index in [0.717, 1.165) is 25.5 Å². The van der Waals surface area contributed by atoms with Crippen molar-refractivity contribution >= 4 is 11.9 Å². The Labute approximate surface area is 126 Å². The lowest BCUT2D eigenvalue weighted by atomic mass is 10.5. The van der Waals surface area contributed by atoms with Crippen LogP contribution in [0.1, 0.15) is 26.2 Å². The van der Waals surface area contributed by atoms with Crippen LogP contribution in [0.5, 0.6) is 6.01 Å². The third kappa shape index (κ3) is 5.34. The van der Waals surface area contributed by atoms with Gasteiger partial charge in [0, 0.05) is 27.2 Å². The van der Waals surface area contributed by atoms with Crippen LogP contribution in [0.3, 0.4) is 0 Å². The van der Waals surface area contributed by atoms with Gasteiger partial charge in [0.05, 0.1) is 13.2 Å². The fourth-order valence-electron chi connectivity index (χ4n) is 1.72. The van der Waals surface area contributed by atoms with Gasteiger partial charge in [0.25, 0.3) is 0 Å². The number of nitrogens with zero attached hydrogens (tertiary/aromatic N) is 4. The molecule has 0 aromatic carbocycles. The molecule has 0 spiro atoms. The Morgan fingerprint density at radius 3 is 2.71 bits per heavy atom. The highest BCUT2D eigenvalue weighted by molar-refractivity contribution is 5.37. The SMILES string of the molecule is CCCOc1nc(NC)nc(N(C)CCOCC2CC2)n1. The van der Waals surface area contributed by atoms with E-state index in [4.69, 9.17) is 9.47 Å². The molecule has 1 aromatic heterocycles. The molecule has 118 valence electrons. The Morgan fingerprint density at radius 2 is 2.05 bits per heavy atom. The average molecular weight is 295 g/mol. The molecule has 1 heterocycles. The predicted molar refractivity (Wildman–Crippen MR) is 82.0 cm³/mol. The van der Waals surface area contributed by atoms with Crippen LogP contribution in [-0.2, 0) is 4.74 Å². The van der Waals surface area contributed by atoms with E-state index in [1.54, 1.807) is 7.05 Å². The van der Waals surface area contributed by atoms with E-state index in [1.807, 2.05) is 18.9 Å². The van der Waals surface area contributed by atoms with E-state index in [0.29, 0.717) is 31.1 Å². The van der Waals surface area contributed by atoms with Crippen LogP contribution in [0.2, 0.25) is 0 Å². The van der Waals surface area contributed by atoms with E-state index in [1.165, 1.54) is 12.8 Å². The van der Waals surface area contributed by atoms with Crippen molar-refractivity contribution in [3.63, 3.8) is 0 Å². The molecule has 0 bridgehead atoms. The zero-order valence-electron chi connectivity index (χ0n) is 13.1. The second kappa shape index (κ2) is 7.97. The molecule has 1 aliphatic carbocycles. The van der Waals surface area contributed by atoms with Crippen molar-refractivity contribution in [2.75, 3.05) is 50.7 Å². The maximum Gasteiger partial charge on any atom is 0.323 e. The highest BCUT2D eigenvalue weighted by atomic mass is 16.5. The maximum absolute atomic E-state index is 5.64. The fourth-order valence-corrected chi connectivity index (χ4v) is 1.72. The third-order valence-electron chi connectivity index (χ3n) is 3.22. The molecule has 2 rings (SSSR count). The molecule has 0 saturated heterocycles. The van der Waals surface area contributed by atoms with Crippen LogP contribution < -0.4 is 15.0 Å². The molecule has 1 fully saturated rings. The van der Waals surface area contributed by atoms with Gasteiger partial charge in [-0.3, -0.25) is 0 Å². The Morgan fingerprint density at radius 1 is 1.24 bits per heavy atom. The van der Waals surface area contributed by atoms with Crippen molar-refractivity contribution < 1.29 is 9.47 Å². The highest BCUT2D eigenvalue weighted by Gasteiger charge is 2.21. The first-order chi connectivity index (χ1) is 10.2. The van der Waals surface area contributed by atoms with Gasteiger partial charge in [-0.25, -0.2) is 0 Å². The quantitative estimate of drug-likeness (QED) is 0.657. The monoisotopic (exact) mass is 295 g/mol. The lowest BCUT2D eigenvalue weighted by Gasteiger charge is -2.18. The van der Waals surface area contributed by atoms with Crippen LogP contribution in [0.4, 0.5) is 11.9 Å². The number of aromatic nitrogens is 3. The molecule has 1 saturated carbocycles. The summed E-state index contributed by atoms with van der Waals surface area (Å²) in [5.74, 6) is 1.89. The first-order valence-electron chi connectivity index (χ1n) is 7.58. The summed E-state index contributed by atoms with van der Waals surface area (Å²) in [6, 6.07) is 0.358. The van der Waals surface area contributed by atoms with E-state index < -0.39 is 0 Å². The summed E-state index contributed by atoms with van der Waals surface area (Å²) in [4.78, 5) is 14.8. The smallest absolute Gasteiger partial charge is 0.323 e. The summed E-state index contributed by atoms with van der Waals surface area (Å²) < 4.78 is 11.1. The highest BCUT2D eigenvalue weighted by Crippen LogP contribution is 2.28. The molecule has 7 nitrogen and oxygen atoms in total. The van der Waals surface area contributed by atoms with Gasteiger partial charge in [-0.05, 0) is 25.2 Å². The zero-order chi connectivity index (χ0) is 15.1. The van der Waals surface area contributed by atoms with E-state index in [2.05, 4.69) is 20.3 Å². The Hall–Kier alpha value is -1.63. The van der Waals surface area contributed by atoms with Crippen molar-refractivity contribution in [3.8, 4) is 6.01 Å². The van der Waals surface area contributed by atoms with Gasteiger partial charge in [-0.1, -0.05) is 6.92 Å². The minimum absolute atomic E-state index is 0.358. The van der Waals surface area contributed by atoms with E-state index in [-0.39, 0.29) is 0 Å². The Kier molecular flexibility index (Phi) is 5.98. The molecule has 0 aliphatic heterocycles. The largest absolute Gasteiger partial charge is 0.463 e. The molecule has 0 atom stereocenters. The second-order valence-electron chi connectivity index (χ2n) is 5.28. The molecule has 0 unspecified atom stereocenters. The molecular weight excluding hydrogens is 270 g/mol. The number of ether oxygens (including phenoxy) is 2. The summed E-state index contributed by atoms with van der Waals surface area (Å²) in [5, 5.41) is 2.93. The summed E-state index contributed by atoms with van der Waals surface area (Å²) in [6.07, 6.45) is 3.54. The van der Waals surface area contributed by atoms with Gasteiger partial charge in [0.15, 0.2) is 0 Å². The maximum atomic E-state index is 5.64. The normalized spacial score (nSPS) is 14.0. The van der Waals surface area contributed by atoms with Crippen molar-refractivity contribution in [3.05, 3.63) is 0 Å². The van der Waals surface area contributed by atoms with Gasteiger partial charge < -0.3 is 19.7 Å². The molecule has 0 radical (unpaired) electrons. The summed E-state index contributed by atoms with van der Waals surface area (Å²) in [6.45, 7) is 4.94. The van der Waals surface area contributed by atoms with Crippen LogP contribution in [0.15, 0.2) is 0 Å². The van der Waals surface area contributed by atoms with Crippen LogP contribution in [0, 0.1) is 5.92 Å². The molecule has 0 amide bonds. The average Bonchev–Trinajstić information content (AvgIpc) is 3.33. The van der Waals surface area contributed by atoms with Crippen molar-refractivity contribution in [1.29, 1.82) is 0 Å². The summed E-state index contributed by atoms with van der Waals surface area (Å²) >= 11 is 0. The fraction of sp³-hybridized carbons (Fsp3) is 0.786. The minimum Gasteiger partial charge on any atom is -0.463 e. The van der Waals surface area contributed by atoms with E-state index >= 15 is 0 Å². The number of anilines is 2. The van der Waals surface area contributed by atoms with Crippen molar-refractivity contribution in [1.82, 2.24) is 15.0 Å². The lowest BCUT2D eigenvalue weighted by molar-refractivity contribution is 0.130. The number of rotatable bonds is 10. The Bertz CT molecular complexity index is 439. The first kappa shape index (κ1) is 15.8. The lowest BCUT2D eigenvalue weighted by Crippen LogP contribution is -2.25. The van der Waals surface area contributed by atoms with Crippen LogP contribution in [0.25, 0.3) is 0 Å². The summed E-state index contributed by atoms with van der Waals surface area (Å²) in [7, 11) is 3.72. The molecule has 1 N–H and O–H groups in total. The van der Waals surface area contributed by atoms with Gasteiger partial charge in [-0.2, -0.15) is 15.0 Å². The van der Waals surface area contributed by atoms with Gasteiger partial charge in [0.2, 0.25) is 11.9 Å². The topological polar surface area (TPSA) is 72.4 Å². The number of likely N-dealkylation sites (N-methyl/N-ethyl adjacent to an activating group) is 1. The second-order valence-corrected chi connectivity index (χ2v) is 5.28. The van der Waals surface area contributed by atoms with Gasteiger partial charge in [-0.15, -0.1) is 0 Å². The zero-order valence-corrected chi connectivity index (χ0v) is 13.1. The molecule has 1 aromatic rings. The molecule has 1 aliphatic rings. The van der Waals surface area contributed by atoms with Crippen molar-refractivity contribution in [2.24, 2.45) is 5.92 Å². The molecular formula is C14H25N5O2. The molecule has 21 heavy (non-hydrogen) atoms. The number of hydrogen-bond acceptors (Lipinski definition) is 7. The Balaban J connectivity index is 1.88. The van der Waals surface area contributed by atoms with Crippen LogP contribution >= 0.6 is 0 Å². The van der Waals surface area contributed by atoms with Gasteiger partial charge >= 0.3 is 6.01 Å². The minimum atomic E-state index is 0.358. The van der Waals surface area contributed by atoms with Gasteiger partial charge in [0.1, 0.15) is 0 Å². The third-order valence-corrected chi connectivity index (χ3v) is 3.22. The summed E-state index contributed by atoms with van der Waals surface area (Å²) in [5.41, 5.74) is 0. The van der Waals surface area contributed by atoms with E-state index in [9.17, 15) is 0 Å².